The molecule has 0 amide bonds. The van der Waals surface area contributed by atoms with Gasteiger partial charge >= 0.3 is 5.69 Å². The lowest BCUT2D eigenvalue weighted by Crippen LogP contribution is -2.56. The van der Waals surface area contributed by atoms with Crippen LogP contribution in [0.1, 0.15) is 0 Å². The Morgan fingerprint density at radius 1 is 1.53 bits per heavy atom. The van der Waals surface area contributed by atoms with Gasteiger partial charge in [0.25, 0.3) is 0 Å². The molecule has 1 fully saturated rings. The zero-order valence-corrected chi connectivity index (χ0v) is 9.68. The maximum Gasteiger partial charge on any atom is 0.319 e. The fourth-order valence-corrected chi connectivity index (χ4v) is 2.73. The highest BCUT2D eigenvalue weighted by molar-refractivity contribution is 7.16. The van der Waals surface area contributed by atoms with Crippen LogP contribution in [0.5, 0.6) is 0 Å². The summed E-state index contributed by atoms with van der Waals surface area (Å²) in [5.74, 6) is 0. The summed E-state index contributed by atoms with van der Waals surface area (Å²) in [5.41, 5.74) is 8.51. The molecule has 88 valence electrons. The van der Waals surface area contributed by atoms with Gasteiger partial charge in [0.1, 0.15) is 5.69 Å². The standard InChI is InChI=1S/C10H10N4O2S/c11-6-3-13(4-6)7-1-2-8-9(12-5-17-8)10(7)14(15)16/h1-2,5-6H,3-4,11H2. The van der Waals surface area contributed by atoms with Crippen LogP contribution in [0.15, 0.2) is 17.6 Å². The zero-order chi connectivity index (χ0) is 12.0. The van der Waals surface area contributed by atoms with Crippen LogP contribution in [0.3, 0.4) is 0 Å². The molecule has 2 N–H and O–H groups in total. The highest BCUT2D eigenvalue weighted by Gasteiger charge is 2.31. The monoisotopic (exact) mass is 250 g/mol. The largest absolute Gasteiger partial charge is 0.363 e. The van der Waals surface area contributed by atoms with E-state index in [2.05, 4.69) is 4.98 Å². The molecule has 0 unspecified atom stereocenters. The molecule has 1 aromatic heterocycles. The highest BCUT2D eigenvalue weighted by Crippen LogP contribution is 2.37. The number of thiazole rings is 1. The number of hydrogen-bond acceptors (Lipinski definition) is 6. The summed E-state index contributed by atoms with van der Waals surface area (Å²) in [6.45, 7) is 1.33. The molecule has 3 rings (SSSR count). The van der Waals surface area contributed by atoms with Crippen LogP contribution in [-0.2, 0) is 0 Å². The fourth-order valence-electron chi connectivity index (χ4n) is 2.05. The van der Waals surface area contributed by atoms with Gasteiger partial charge in [0.05, 0.1) is 15.1 Å². The van der Waals surface area contributed by atoms with E-state index in [0.717, 1.165) is 4.70 Å². The third-order valence-electron chi connectivity index (χ3n) is 2.89. The molecule has 6 nitrogen and oxygen atoms in total. The van der Waals surface area contributed by atoms with Crippen molar-refractivity contribution in [2.75, 3.05) is 18.0 Å². The predicted octanol–water partition coefficient (Wildman–Crippen LogP) is 1.35. The minimum absolute atomic E-state index is 0.0932. The Kier molecular flexibility index (Phi) is 2.23. The van der Waals surface area contributed by atoms with Crippen molar-refractivity contribution in [2.45, 2.75) is 6.04 Å². The summed E-state index contributed by atoms with van der Waals surface area (Å²) >= 11 is 1.41. The van der Waals surface area contributed by atoms with Crippen LogP contribution in [0.25, 0.3) is 10.2 Å². The Morgan fingerprint density at radius 2 is 2.29 bits per heavy atom. The number of nitrogens with zero attached hydrogens (tertiary/aromatic N) is 3. The van der Waals surface area contributed by atoms with Crippen LogP contribution in [0.4, 0.5) is 11.4 Å². The summed E-state index contributed by atoms with van der Waals surface area (Å²) in [5, 5.41) is 11.2. The summed E-state index contributed by atoms with van der Waals surface area (Å²) in [6.07, 6.45) is 0. The molecule has 17 heavy (non-hydrogen) atoms. The number of nitrogens with two attached hydrogens (primary N) is 1. The summed E-state index contributed by atoms with van der Waals surface area (Å²) in [6, 6.07) is 3.77. The molecule has 0 radical (unpaired) electrons. The minimum atomic E-state index is -0.360. The first kappa shape index (κ1) is 10.4. The van der Waals surface area contributed by atoms with Crippen LogP contribution < -0.4 is 10.6 Å². The number of anilines is 1. The van der Waals surface area contributed by atoms with Crippen LogP contribution in [-0.4, -0.2) is 29.0 Å². The molecule has 0 bridgehead atoms. The molecule has 1 aromatic carbocycles. The van der Waals surface area contributed by atoms with Crippen molar-refractivity contribution in [1.29, 1.82) is 0 Å². The number of hydrogen-bond donors (Lipinski definition) is 1. The number of nitro groups is 1. The van der Waals surface area contributed by atoms with E-state index in [4.69, 9.17) is 5.73 Å². The smallest absolute Gasteiger partial charge is 0.319 e. The van der Waals surface area contributed by atoms with Crippen molar-refractivity contribution in [2.24, 2.45) is 5.73 Å². The van der Waals surface area contributed by atoms with E-state index in [1.165, 1.54) is 11.3 Å². The van der Waals surface area contributed by atoms with Crippen molar-refractivity contribution in [3.63, 3.8) is 0 Å². The second-order valence-corrected chi connectivity index (χ2v) is 4.94. The van der Waals surface area contributed by atoms with E-state index in [1.807, 2.05) is 11.0 Å². The first-order valence-electron chi connectivity index (χ1n) is 5.18. The molecule has 1 saturated heterocycles. The molecule has 2 heterocycles. The molecular formula is C10H10N4O2S. The van der Waals surface area contributed by atoms with Gasteiger partial charge in [-0.25, -0.2) is 4.98 Å². The number of aromatic nitrogens is 1. The first-order valence-corrected chi connectivity index (χ1v) is 6.06. The molecule has 1 aliphatic rings. The molecule has 0 saturated carbocycles. The molecule has 0 atom stereocenters. The first-order chi connectivity index (χ1) is 8.16. The maximum absolute atomic E-state index is 11.2. The lowest BCUT2D eigenvalue weighted by atomic mass is 10.1. The average Bonchev–Trinajstić information content (AvgIpc) is 2.70. The quantitative estimate of drug-likeness (QED) is 0.642. The SMILES string of the molecule is NC1CN(c2ccc3scnc3c2[N+](=O)[O-])C1. The number of nitro benzene ring substituents is 1. The van der Waals surface area contributed by atoms with Crippen LogP contribution in [0, 0.1) is 10.1 Å². The summed E-state index contributed by atoms with van der Waals surface area (Å²) in [7, 11) is 0. The van der Waals surface area contributed by atoms with Gasteiger partial charge in [-0.2, -0.15) is 0 Å². The van der Waals surface area contributed by atoms with Crippen molar-refractivity contribution < 1.29 is 4.92 Å². The van der Waals surface area contributed by atoms with Crippen molar-refractivity contribution in [3.8, 4) is 0 Å². The van der Waals surface area contributed by atoms with Gasteiger partial charge in [-0.1, -0.05) is 0 Å². The Balaban J connectivity index is 2.16. The van der Waals surface area contributed by atoms with Gasteiger partial charge in [0.2, 0.25) is 0 Å². The predicted molar refractivity (Wildman–Crippen MR) is 66.5 cm³/mol. The lowest BCUT2D eigenvalue weighted by Gasteiger charge is -2.38. The topological polar surface area (TPSA) is 85.3 Å². The molecular weight excluding hydrogens is 240 g/mol. The fraction of sp³-hybridized carbons (Fsp3) is 0.300. The van der Waals surface area contributed by atoms with Crippen molar-refractivity contribution in [3.05, 3.63) is 27.8 Å². The normalized spacial score (nSPS) is 16.2. The van der Waals surface area contributed by atoms with E-state index < -0.39 is 0 Å². The van der Waals surface area contributed by atoms with E-state index in [0.29, 0.717) is 24.3 Å². The van der Waals surface area contributed by atoms with E-state index >= 15 is 0 Å². The highest BCUT2D eigenvalue weighted by atomic mass is 32.1. The Hall–Kier alpha value is -1.73. The summed E-state index contributed by atoms with van der Waals surface area (Å²) < 4.78 is 0.838. The average molecular weight is 250 g/mol. The minimum Gasteiger partial charge on any atom is -0.363 e. The molecule has 0 aliphatic carbocycles. The second-order valence-electron chi connectivity index (χ2n) is 4.05. The molecule has 2 aromatic rings. The number of fused-ring (bicyclic) bond motifs is 1. The number of benzene rings is 1. The van der Waals surface area contributed by atoms with Crippen LogP contribution in [0.2, 0.25) is 0 Å². The third-order valence-corrected chi connectivity index (χ3v) is 3.68. The molecule has 7 heteroatoms. The van der Waals surface area contributed by atoms with Gasteiger partial charge in [-0.3, -0.25) is 10.1 Å². The van der Waals surface area contributed by atoms with Crippen molar-refractivity contribution >= 4 is 32.9 Å². The molecule has 0 spiro atoms. The summed E-state index contributed by atoms with van der Waals surface area (Å²) in [4.78, 5) is 16.8. The van der Waals surface area contributed by atoms with E-state index in [9.17, 15) is 10.1 Å². The molecule has 1 aliphatic heterocycles. The van der Waals surface area contributed by atoms with Gasteiger partial charge in [0.15, 0.2) is 5.52 Å². The van der Waals surface area contributed by atoms with Crippen LogP contribution >= 0.6 is 11.3 Å². The zero-order valence-electron chi connectivity index (χ0n) is 8.87. The second kappa shape index (κ2) is 3.64. The number of rotatable bonds is 2. The van der Waals surface area contributed by atoms with Crippen molar-refractivity contribution in [1.82, 2.24) is 4.98 Å². The van der Waals surface area contributed by atoms with Gasteiger partial charge in [-0.15, -0.1) is 11.3 Å². The maximum atomic E-state index is 11.2. The van der Waals surface area contributed by atoms with Gasteiger partial charge in [-0.05, 0) is 12.1 Å². The third kappa shape index (κ3) is 1.55. The Morgan fingerprint density at radius 3 is 2.94 bits per heavy atom. The van der Waals surface area contributed by atoms with E-state index in [1.54, 1.807) is 11.6 Å². The lowest BCUT2D eigenvalue weighted by molar-refractivity contribution is -0.382. The Labute approximate surface area is 101 Å². The van der Waals surface area contributed by atoms with Gasteiger partial charge in [0, 0.05) is 19.1 Å². The Bertz CT molecular complexity index is 591. The van der Waals surface area contributed by atoms with E-state index in [-0.39, 0.29) is 16.7 Å². The van der Waals surface area contributed by atoms with Gasteiger partial charge < -0.3 is 10.6 Å².